The second-order valence-electron chi connectivity index (χ2n) is 4.31. The first-order chi connectivity index (χ1) is 10.5. The quantitative estimate of drug-likeness (QED) is 0.789. The number of hydrogen-bond acceptors (Lipinski definition) is 6. The minimum Gasteiger partial charge on any atom is -0.466 e. The van der Waals surface area contributed by atoms with Crippen molar-refractivity contribution in [2.75, 3.05) is 32.5 Å². The molecule has 0 fully saturated rings. The highest BCUT2D eigenvalue weighted by Gasteiger charge is 2.33. The summed E-state index contributed by atoms with van der Waals surface area (Å²) < 4.78 is 28.7. The van der Waals surface area contributed by atoms with Crippen molar-refractivity contribution >= 4 is 29.2 Å². The molecule has 1 aromatic carbocycles. The van der Waals surface area contributed by atoms with Gasteiger partial charge >= 0.3 is 11.9 Å². The van der Waals surface area contributed by atoms with Gasteiger partial charge in [-0.2, -0.15) is 0 Å². The van der Waals surface area contributed by atoms with Crippen LogP contribution >= 0.6 is 11.6 Å². The summed E-state index contributed by atoms with van der Waals surface area (Å²) in [5.41, 5.74) is -0.136. The molecule has 0 aromatic heterocycles. The van der Waals surface area contributed by atoms with E-state index >= 15 is 0 Å². The van der Waals surface area contributed by atoms with Crippen LogP contribution in [0.4, 0.5) is 10.1 Å². The summed E-state index contributed by atoms with van der Waals surface area (Å²) in [4.78, 5) is 25.0. The first-order valence-electron chi connectivity index (χ1n) is 6.19. The Morgan fingerprint density at radius 1 is 1.27 bits per heavy atom. The maximum Gasteiger partial charge on any atom is 0.355 e. The molecule has 22 heavy (non-hydrogen) atoms. The Balaban J connectivity index is 2.57. The third-order valence-corrected chi connectivity index (χ3v) is 3.27. The first-order valence-corrected chi connectivity index (χ1v) is 6.57. The van der Waals surface area contributed by atoms with Gasteiger partial charge in [-0.15, -0.1) is 0 Å². The Kier molecular flexibility index (Phi) is 4.99. The minimum atomic E-state index is -0.793. The summed E-state index contributed by atoms with van der Waals surface area (Å²) in [6.45, 7) is -0.258. The number of halogens is 2. The number of esters is 2. The zero-order valence-electron chi connectivity index (χ0n) is 11.9. The van der Waals surface area contributed by atoms with Crippen molar-refractivity contribution in [2.24, 2.45) is 0 Å². The lowest BCUT2D eigenvalue weighted by Crippen LogP contribution is -2.39. The largest absolute Gasteiger partial charge is 0.466 e. The summed E-state index contributed by atoms with van der Waals surface area (Å²) in [7, 11) is 2.34. The summed E-state index contributed by atoms with van der Waals surface area (Å²) in [6.07, 6.45) is 0. The molecule has 8 heteroatoms. The van der Waals surface area contributed by atoms with Gasteiger partial charge in [0.05, 0.1) is 32.1 Å². The van der Waals surface area contributed by atoms with Crippen molar-refractivity contribution < 1.29 is 28.2 Å². The van der Waals surface area contributed by atoms with E-state index in [0.29, 0.717) is 0 Å². The van der Waals surface area contributed by atoms with Crippen molar-refractivity contribution in [1.29, 1.82) is 0 Å². The lowest BCUT2D eigenvalue weighted by molar-refractivity contribution is -0.140. The van der Waals surface area contributed by atoms with Crippen molar-refractivity contribution in [2.45, 2.75) is 0 Å². The fraction of sp³-hybridized carbons (Fsp3) is 0.286. The molecule has 118 valence electrons. The predicted octanol–water partition coefficient (Wildman–Crippen LogP) is 1.87. The molecule has 1 aliphatic rings. The van der Waals surface area contributed by atoms with Crippen LogP contribution in [-0.4, -0.2) is 39.5 Å². The first kappa shape index (κ1) is 16.3. The van der Waals surface area contributed by atoms with Gasteiger partial charge < -0.3 is 19.1 Å². The average Bonchev–Trinajstić information content (AvgIpc) is 2.52. The zero-order chi connectivity index (χ0) is 16.3. The van der Waals surface area contributed by atoms with Crippen LogP contribution in [0, 0.1) is 5.82 Å². The van der Waals surface area contributed by atoms with Gasteiger partial charge in [-0.05, 0) is 18.2 Å². The molecule has 0 saturated heterocycles. The number of methoxy groups -OCH3 is 2. The van der Waals surface area contributed by atoms with Gasteiger partial charge in [0.15, 0.2) is 0 Å². The van der Waals surface area contributed by atoms with E-state index in [4.69, 9.17) is 16.3 Å². The Labute approximate surface area is 131 Å². The maximum atomic E-state index is 14.1. The Morgan fingerprint density at radius 3 is 2.55 bits per heavy atom. The van der Waals surface area contributed by atoms with Crippen molar-refractivity contribution in [1.82, 2.24) is 0 Å². The summed E-state index contributed by atoms with van der Waals surface area (Å²) in [5, 5.41) is 0.205. The molecule has 0 N–H and O–H groups in total. The lowest BCUT2D eigenvalue weighted by atomic mass is 10.1. The van der Waals surface area contributed by atoms with Crippen LogP contribution < -0.4 is 4.90 Å². The van der Waals surface area contributed by atoms with Crippen LogP contribution in [0.25, 0.3) is 0 Å². The van der Waals surface area contributed by atoms with E-state index in [0.717, 1.165) is 13.2 Å². The number of ether oxygens (including phenoxy) is 3. The lowest BCUT2D eigenvalue weighted by Gasteiger charge is -2.31. The number of carbonyl (C=O) groups is 2. The number of hydrogen-bond donors (Lipinski definition) is 0. The van der Waals surface area contributed by atoms with Gasteiger partial charge in [-0.3, -0.25) is 0 Å². The molecule has 0 spiro atoms. The predicted molar refractivity (Wildman–Crippen MR) is 75.8 cm³/mol. The fourth-order valence-corrected chi connectivity index (χ4v) is 2.19. The van der Waals surface area contributed by atoms with Gasteiger partial charge in [-0.25, -0.2) is 14.0 Å². The smallest absolute Gasteiger partial charge is 0.355 e. The molecule has 0 amide bonds. The third kappa shape index (κ3) is 3.05. The number of carbonyl (C=O) groups excluding carboxylic acids is 2. The molecule has 1 heterocycles. The van der Waals surface area contributed by atoms with Crippen LogP contribution in [0.15, 0.2) is 29.5 Å². The molecule has 0 atom stereocenters. The minimum absolute atomic E-state index is 0.0332. The highest BCUT2D eigenvalue weighted by Crippen LogP contribution is 2.30. The molecular formula is C14H13ClFNO5. The third-order valence-electron chi connectivity index (χ3n) is 3.03. The summed E-state index contributed by atoms with van der Waals surface area (Å²) >= 11 is 5.72. The number of anilines is 1. The van der Waals surface area contributed by atoms with Crippen LogP contribution in [0.2, 0.25) is 5.02 Å². The molecule has 0 aliphatic carbocycles. The van der Waals surface area contributed by atoms with Crippen LogP contribution in [-0.2, 0) is 23.8 Å². The highest BCUT2D eigenvalue weighted by atomic mass is 35.5. The normalized spacial score (nSPS) is 14.8. The number of benzene rings is 1. The molecule has 0 bridgehead atoms. The maximum absolute atomic E-state index is 14.1. The van der Waals surface area contributed by atoms with E-state index in [9.17, 15) is 14.0 Å². The molecule has 0 saturated carbocycles. The SMILES string of the molecule is COC(=O)C1=C(C(=O)OC)N(c2ccc(Cl)cc2F)COC1. The molecule has 6 nitrogen and oxygen atoms in total. The average molecular weight is 330 g/mol. The van der Waals surface area contributed by atoms with E-state index in [-0.39, 0.29) is 35.3 Å². The zero-order valence-corrected chi connectivity index (χ0v) is 12.6. The van der Waals surface area contributed by atoms with E-state index in [1.165, 1.54) is 24.1 Å². The number of nitrogens with zero attached hydrogens (tertiary/aromatic N) is 1. The molecule has 0 radical (unpaired) electrons. The molecule has 1 aromatic rings. The molecular weight excluding hydrogens is 317 g/mol. The second kappa shape index (κ2) is 6.76. The second-order valence-corrected chi connectivity index (χ2v) is 4.75. The summed E-state index contributed by atoms with van der Waals surface area (Å²) in [6, 6.07) is 3.93. The van der Waals surface area contributed by atoms with Gasteiger partial charge in [0, 0.05) is 5.02 Å². The summed E-state index contributed by atoms with van der Waals surface area (Å²) in [5.74, 6) is -2.21. The van der Waals surface area contributed by atoms with Gasteiger partial charge in [0.2, 0.25) is 0 Å². The van der Waals surface area contributed by atoms with Crippen LogP contribution in [0.3, 0.4) is 0 Å². The Morgan fingerprint density at radius 2 is 1.95 bits per heavy atom. The molecule has 0 unspecified atom stereocenters. The van der Waals surface area contributed by atoms with Gasteiger partial charge in [0.25, 0.3) is 0 Å². The van der Waals surface area contributed by atoms with Gasteiger partial charge in [0.1, 0.15) is 18.2 Å². The molecule has 1 aliphatic heterocycles. The van der Waals surface area contributed by atoms with E-state index in [1.807, 2.05) is 0 Å². The topological polar surface area (TPSA) is 65.1 Å². The molecule has 2 rings (SSSR count). The van der Waals surface area contributed by atoms with E-state index in [2.05, 4.69) is 9.47 Å². The van der Waals surface area contributed by atoms with Crippen molar-refractivity contribution in [3.05, 3.63) is 40.3 Å². The monoisotopic (exact) mass is 329 g/mol. The van der Waals surface area contributed by atoms with Crippen LogP contribution in [0.5, 0.6) is 0 Å². The van der Waals surface area contributed by atoms with E-state index < -0.39 is 17.8 Å². The fourth-order valence-electron chi connectivity index (χ4n) is 2.03. The van der Waals surface area contributed by atoms with E-state index in [1.54, 1.807) is 0 Å². The van der Waals surface area contributed by atoms with Gasteiger partial charge in [-0.1, -0.05) is 11.6 Å². The van der Waals surface area contributed by atoms with Crippen LogP contribution in [0.1, 0.15) is 0 Å². The van der Waals surface area contributed by atoms with Crippen molar-refractivity contribution in [3.8, 4) is 0 Å². The number of rotatable bonds is 3. The standard InChI is InChI=1S/C14H13ClFNO5/c1-20-13(18)9-6-22-7-17(12(9)14(19)21-2)11-4-3-8(15)5-10(11)16/h3-5H,6-7H2,1-2H3. The van der Waals surface area contributed by atoms with Crippen molar-refractivity contribution in [3.63, 3.8) is 0 Å². The highest BCUT2D eigenvalue weighted by molar-refractivity contribution is 6.30. The Bertz CT molecular complexity index is 646. The Hall–Kier alpha value is -2.12.